The SMILES string of the molecule is Cc1cccc(C(=O)N2CCn3nnc(COCC4CC4)c3C2)n1. The molecule has 7 heteroatoms. The van der Waals surface area contributed by atoms with Crippen LogP contribution in [0.4, 0.5) is 0 Å². The molecule has 0 bridgehead atoms. The molecule has 2 aromatic rings. The van der Waals surface area contributed by atoms with Gasteiger partial charge in [-0.05, 0) is 37.8 Å². The van der Waals surface area contributed by atoms with Crippen LogP contribution in [0.15, 0.2) is 18.2 Å². The Kier molecular flexibility index (Phi) is 4.02. The van der Waals surface area contributed by atoms with Crippen molar-refractivity contribution in [2.45, 2.75) is 39.5 Å². The van der Waals surface area contributed by atoms with Crippen LogP contribution in [0, 0.1) is 12.8 Å². The van der Waals surface area contributed by atoms with Crippen LogP contribution in [0.25, 0.3) is 0 Å². The van der Waals surface area contributed by atoms with E-state index in [9.17, 15) is 4.79 Å². The number of aromatic nitrogens is 4. The van der Waals surface area contributed by atoms with Gasteiger partial charge in [0.1, 0.15) is 11.4 Å². The van der Waals surface area contributed by atoms with Gasteiger partial charge in [0, 0.05) is 18.8 Å². The molecule has 126 valence electrons. The first kappa shape index (κ1) is 15.3. The molecule has 0 spiro atoms. The lowest BCUT2D eigenvalue weighted by molar-refractivity contribution is 0.0693. The third-order valence-corrected chi connectivity index (χ3v) is 4.52. The van der Waals surface area contributed by atoms with Gasteiger partial charge in [-0.25, -0.2) is 9.67 Å². The quantitative estimate of drug-likeness (QED) is 0.833. The molecule has 2 aliphatic rings. The normalized spacial score (nSPS) is 17.0. The molecule has 24 heavy (non-hydrogen) atoms. The molecule has 1 saturated carbocycles. The van der Waals surface area contributed by atoms with E-state index in [4.69, 9.17) is 4.74 Å². The highest BCUT2D eigenvalue weighted by atomic mass is 16.5. The zero-order valence-corrected chi connectivity index (χ0v) is 13.8. The zero-order valence-electron chi connectivity index (χ0n) is 13.8. The number of rotatable bonds is 5. The number of hydrogen-bond acceptors (Lipinski definition) is 5. The second-order valence-electron chi connectivity index (χ2n) is 6.56. The van der Waals surface area contributed by atoms with Crippen LogP contribution in [0.2, 0.25) is 0 Å². The number of ether oxygens (including phenoxy) is 1. The van der Waals surface area contributed by atoms with Gasteiger partial charge in [0.05, 0.1) is 25.4 Å². The van der Waals surface area contributed by atoms with Crippen molar-refractivity contribution in [2.75, 3.05) is 13.2 Å². The van der Waals surface area contributed by atoms with E-state index in [1.165, 1.54) is 12.8 Å². The highest BCUT2D eigenvalue weighted by Gasteiger charge is 2.27. The number of carbonyl (C=O) groups excluding carboxylic acids is 1. The Morgan fingerprint density at radius 2 is 2.21 bits per heavy atom. The van der Waals surface area contributed by atoms with Crippen LogP contribution in [0.1, 0.15) is 40.4 Å². The van der Waals surface area contributed by atoms with E-state index in [-0.39, 0.29) is 5.91 Å². The lowest BCUT2D eigenvalue weighted by Gasteiger charge is -2.27. The molecule has 1 aliphatic heterocycles. The lowest BCUT2D eigenvalue weighted by atomic mass is 10.2. The van der Waals surface area contributed by atoms with Crippen molar-refractivity contribution in [1.29, 1.82) is 0 Å². The molecule has 1 aliphatic carbocycles. The van der Waals surface area contributed by atoms with Gasteiger partial charge in [0.15, 0.2) is 0 Å². The van der Waals surface area contributed by atoms with E-state index in [0.717, 1.165) is 29.6 Å². The molecule has 4 rings (SSSR count). The summed E-state index contributed by atoms with van der Waals surface area (Å²) in [5.41, 5.74) is 3.14. The van der Waals surface area contributed by atoms with Crippen molar-refractivity contribution in [3.8, 4) is 0 Å². The average Bonchev–Trinajstić information content (AvgIpc) is 3.33. The predicted molar refractivity (Wildman–Crippen MR) is 86.1 cm³/mol. The maximum absolute atomic E-state index is 12.7. The molecule has 2 aromatic heterocycles. The summed E-state index contributed by atoms with van der Waals surface area (Å²) in [5, 5.41) is 8.41. The fraction of sp³-hybridized carbons (Fsp3) is 0.529. The van der Waals surface area contributed by atoms with Gasteiger partial charge in [0.2, 0.25) is 0 Å². The van der Waals surface area contributed by atoms with Crippen molar-refractivity contribution < 1.29 is 9.53 Å². The van der Waals surface area contributed by atoms with Gasteiger partial charge in [-0.3, -0.25) is 4.79 Å². The van der Waals surface area contributed by atoms with Gasteiger partial charge >= 0.3 is 0 Å². The van der Waals surface area contributed by atoms with Crippen LogP contribution in [-0.2, 0) is 24.4 Å². The van der Waals surface area contributed by atoms with Crippen LogP contribution in [-0.4, -0.2) is 43.9 Å². The number of nitrogens with zero attached hydrogens (tertiary/aromatic N) is 5. The van der Waals surface area contributed by atoms with Crippen molar-refractivity contribution in [3.05, 3.63) is 41.0 Å². The summed E-state index contributed by atoms with van der Waals surface area (Å²) in [6.07, 6.45) is 2.54. The van der Waals surface area contributed by atoms with Crippen LogP contribution < -0.4 is 0 Å². The summed E-state index contributed by atoms with van der Waals surface area (Å²) >= 11 is 0. The molecule has 0 saturated heterocycles. The molecule has 0 radical (unpaired) electrons. The van der Waals surface area contributed by atoms with E-state index in [2.05, 4.69) is 15.3 Å². The molecular weight excluding hydrogens is 306 g/mol. The fourth-order valence-electron chi connectivity index (χ4n) is 2.91. The fourth-order valence-corrected chi connectivity index (χ4v) is 2.91. The van der Waals surface area contributed by atoms with E-state index in [1.54, 1.807) is 6.07 Å². The third kappa shape index (κ3) is 3.17. The summed E-state index contributed by atoms with van der Waals surface area (Å²) in [6, 6.07) is 5.52. The van der Waals surface area contributed by atoms with Gasteiger partial charge < -0.3 is 9.64 Å². The Morgan fingerprint density at radius 1 is 1.33 bits per heavy atom. The highest BCUT2D eigenvalue weighted by Crippen LogP contribution is 2.29. The predicted octanol–water partition coefficient (Wildman–Crippen LogP) is 1.56. The first-order chi connectivity index (χ1) is 11.7. The maximum atomic E-state index is 12.7. The first-order valence-corrected chi connectivity index (χ1v) is 8.42. The molecule has 1 fully saturated rings. The molecule has 0 atom stereocenters. The zero-order chi connectivity index (χ0) is 16.5. The number of aryl methyl sites for hydroxylation is 1. The number of pyridine rings is 1. The number of fused-ring (bicyclic) bond motifs is 1. The van der Waals surface area contributed by atoms with E-state index >= 15 is 0 Å². The summed E-state index contributed by atoms with van der Waals surface area (Å²) in [5.74, 6) is 0.679. The molecule has 0 N–H and O–H groups in total. The first-order valence-electron chi connectivity index (χ1n) is 8.42. The largest absolute Gasteiger partial charge is 0.375 e. The molecule has 0 aromatic carbocycles. The van der Waals surface area contributed by atoms with E-state index in [1.807, 2.05) is 28.6 Å². The lowest BCUT2D eigenvalue weighted by Crippen LogP contribution is -2.39. The van der Waals surface area contributed by atoms with Crippen molar-refractivity contribution in [3.63, 3.8) is 0 Å². The number of amides is 1. The number of hydrogen-bond donors (Lipinski definition) is 0. The smallest absolute Gasteiger partial charge is 0.272 e. The molecule has 1 amide bonds. The Hall–Kier alpha value is -2.28. The maximum Gasteiger partial charge on any atom is 0.272 e. The van der Waals surface area contributed by atoms with Gasteiger partial charge in [-0.1, -0.05) is 11.3 Å². The summed E-state index contributed by atoms with van der Waals surface area (Å²) in [7, 11) is 0. The van der Waals surface area contributed by atoms with E-state index in [0.29, 0.717) is 31.9 Å². The van der Waals surface area contributed by atoms with Gasteiger partial charge in [0.25, 0.3) is 5.91 Å². The minimum absolute atomic E-state index is 0.0454. The minimum Gasteiger partial charge on any atom is -0.375 e. The third-order valence-electron chi connectivity index (χ3n) is 4.52. The highest BCUT2D eigenvalue weighted by molar-refractivity contribution is 5.92. The second-order valence-corrected chi connectivity index (χ2v) is 6.56. The topological polar surface area (TPSA) is 73.1 Å². The standard InChI is InChI=1S/C17H21N5O2/c1-12-3-2-4-14(18-12)17(23)21-7-8-22-16(9-21)15(19-20-22)11-24-10-13-5-6-13/h2-4,13H,5-11H2,1H3. The van der Waals surface area contributed by atoms with Crippen LogP contribution in [0.3, 0.4) is 0 Å². The summed E-state index contributed by atoms with van der Waals surface area (Å²) < 4.78 is 7.61. The summed E-state index contributed by atoms with van der Waals surface area (Å²) in [4.78, 5) is 18.8. The van der Waals surface area contributed by atoms with Gasteiger partial charge in [-0.15, -0.1) is 5.10 Å². The Morgan fingerprint density at radius 3 is 3.00 bits per heavy atom. The molecule has 0 unspecified atom stereocenters. The van der Waals surface area contributed by atoms with Gasteiger partial charge in [-0.2, -0.15) is 0 Å². The van der Waals surface area contributed by atoms with Crippen LogP contribution in [0.5, 0.6) is 0 Å². The molecule has 7 nitrogen and oxygen atoms in total. The number of carbonyl (C=O) groups is 1. The average molecular weight is 327 g/mol. The monoisotopic (exact) mass is 327 g/mol. The molecule has 3 heterocycles. The van der Waals surface area contributed by atoms with Crippen molar-refractivity contribution >= 4 is 5.91 Å². The molecular formula is C17H21N5O2. The Labute approximate surface area is 140 Å². The Balaban J connectivity index is 1.45. The van der Waals surface area contributed by atoms with Crippen molar-refractivity contribution in [1.82, 2.24) is 24.9 Å². The second kappa shape index (κ2) is 6.32. The van der Waals surface area contributed by atoms with Crippen molar-refractivity contribution in [2.24, 2.45) is 5.92 Å². The Bertz CT molecular complexity index is 753. The van der Waals surface area contributed by atoms with Crippen LogP contribution >= 0.6 is 0 Å². The van der Waals surface area contributed by atoms with E-state index < -0.39 is 0 Å². The summed E-state index contributed by atoms with van der Waals surface area (Å²) in [6.45, 7) is 4.93. The minimum atomic E-state index is -0.0454.